The number of ether oxygens (including phenoxy) is 1. The molecule has 1 heterocycles. The summed E-state index contributed by atoms with van der Waals surface area (Å²) in [5.74, 6) is -0.844. The molecule has 1 aromatic carbocycles. The molecule has 0 radical (unpaired) electrons. The van der Waals surface area contributed by atoms with E-state index in [9.17, 15) is 14.4 Å². The third kappa shape index (κ3) is 3.09. The van der Waals surface area contributed by atoms with E-state index < -0.39 is 23.4 Å². The molecule has 1 saturated heterocycles. The van der Waals surface area contributed by atoms with Crippen LogP contribution in [0.4, 0.5) is 4.79 Å². The smallest absolute Gasteiger partial charge is 0.325 e. The van der Waals surface area contributed by atoms with Crippen molar-refractivity contribution in [2.75, 3.05) is 26.8 Å². The molecule has 2 rings (SSSR count). The van der Waals surface area contributed by atoms with Crippen LogP contribution in [0, 0.1) is 0 Å². The van der Waals surface area contributed by atoms with Crippen LogP contribution in [-0.4, -0.2) is 49.6 Å². The van der Waals surface area contributed by atoms with Gasteiger partial charge in [-0.1, -0.05) is 30.3 Å². The molecule has 0 unspecified atom stereocenters. The summed E-state index contributed by atoms with van der Waals surface area (Å²) in [6, 6.07) is 8.37. The minimum atomic E-state index is -1.15. The predicted molar refractivity (Wildman–Crippen MR) is 78.9 cm³/mol. The first-order chi connectivity index (χ1) is 10.5. The third-order valence-corrected chi connectivity index (χ3v) is 3.56. The number of hydrogen-bond donors (Lipinski definition) is 2. The molecular formula is C15H19N3O4. The van der Waals surface area contributed by atoms with Gasteiger partial charge in [0.15, 0.2) is 0 Å². The summed E-state index contributed by atoms with van der Waals surface area (Å²) < 4.78 is 4.82. The quantitative estimate of drug-likeness (QED) is 0.581. The Morgan fingerprint density at radius 1 is 1.32 bits per heavy atom. The Morgan fingerprint density at radius 2 is 2.00 bits per heavy atom. The first kappa shape index (κ1) is 16.0. The van der Waals surface area contributed by atoms with E-state index in [4.69, 9.17) is 4.74 Å². The highest BCUT2D eigenvalue weighted by Crippen LogP contribution is 2.28. The SMILES string of the molecule is COCCNC(=O)CN1C(=O)N[C@](C)(c2ccccc2)C1=O. The lowest BCUT2D eigenvalue weighted by atomic mass is 9.92. The Kier molecular flexibility index (Phi) is 4.77. The summed E-state index contributed by atoms with van der Waals surface area (Å²) in [7, 11) is 1.52. The Labute approximate surface area is 128 Å². The lowest BCUT2D eigenvalue weighted by molar-refractivity contribution is -0.134. The highest BCUT2D eigenvalue weighted by molar-refractivity contribution is 6.09. The standard InChI is InChI=1S/C15H19N3O4/c1-15(11-6-4-3-5-7-11)13(20)18(14(21)17-15)10-12(19)16-8-9-22-2/h3-7H,8-10H2,1-2H3,(H,16,19)(H,17,21)/t15-/m1/s1. The second kappa shape index (κ2) is 6.57. The first-order valence-electron chi connectivity index (χ1n) is 6.94. The lowest BCUT2D eigenvalue weighted by Gasteiger charge is -2.22. The average Bonchev–Trinajstić information content (AvgIpc) is 2.73. The fraction of sp³-hybridized carbons (Fsp3) is 0.400. The number of urea groups is 1. The minimum Gasteiger partial charge on any atom is -0.383 e. The molecule has 2 N–H and O–H groups in total. The molecule has 1 fully saturated rings. The summed E-state index contributed by atoms with van der Waals surface area (Å²) in [6.07, 6.45) is 0. The lowest BCUT2D eigenvalue weighted by Crippen LogP contribution is -2.43. The molecule has 0 saturated carbocycles. The largest absolute Gasteiger partial charge is 0.383 e. The predicted octanol–water partition coefficient (Wildman–Crippen LogP) is 0.216. The van der Waals surface area contributed by atoms with Crippen LogP contribution >= 0.6 is 0 Å². The van der Waals surface area contributed by atoms with Crippen molar-refractivity contribution in [3.8, 4) is 0 Å². The topological polar surface area (TPSA) is 87.7 Å². The maximum Gasteiger partial charge on any atom is 0.325 e. The Bertz CT molecular complexity index is 575. The molecule has 7 heteroatoms. The molecular weight excluding hydrogens is 286 g/mol. The van der Waals surface area contributed by atoms with Crippen LogP contribution in [0.15, 0.2) is 30.3 Å². The Morgan fingerprint density at radius 3 is 2.64 bits per heavy atom. The Hall–Kier alpha value is -2.41. The summed E-state index contributed by atoms with van der Waals surface area (Å²) in [6.45, 7) is 2.02. The second-order valence-corrected chi connectivity index (χ2v) is 5.16. The maximum absolute atomic E-state index is 12.5. The molecule has 1 aromatic rings. The van der Waals surface area contributed by atoms with Crippen molar-refractivity contribution < 1.29 is 19.1 Å². The summed E-state index contributed by atoms with van der Waals surface area (Å²) in [4.78, 5) is 37.3. The molecule has 0 bridgehead atoms. The van der Waals surface area contributed by atoms with Crippen molar-refractivity contribution >= 4 is 17.8 Å². The van der Waals surface area contributed by atoms with Crippen molar-refractivity contribution in [3.63, 3.8) is 0 Å². The van der Waals surface area contributed by atoms with Crippen LogP contribution in [0.1, 0.15) is 12.5 Å². The number of carbonyl (C=O) groups is 3. The number of nitrogens with zero attached hydrogens (tertiary/aromatic N) is 1. The van der Waals surface area contributed by atoms with Crippen molar-refractivity contribution in [2.45, 2.75) is 12.5 Å². The van der Waals surface area contributed by atoms with Gasteiger partial charge in [-0.3, -0.25) is 14.5 Å². The van der Waals surface area contributed by atoms with Crippen LogP contribution < -0.4 is 10.6 Å². The number of hydrogen-bond acceptors (Lipinski definition) is 4. The van der Waals surface area contributed by atoms with Gasteiger partial charge in [0.25, 0.3) is 5.91 Å². The van der Waals surface area contributed by atoms with E-state index in [1.807, 2.05) is 6.07 Å². The van der Waals surface area contributed by atoms with Gasteiger partial charge in [0.05, 0.1) is 6.61 Å². The number of rotatable bonds is 6. The van der Waals surface area contributed by atoms with Crippen molar-refractivity contribution in [2.24, 2.45) is 0 Å². The fourth-order valence-electron chi connectivity index (χ4n) is 2.30. The highest BCUT2D eigenvalue weighted by Gasteiger charge is 2.49. The highest BCUT2D eigenvalue weighted by atomic mass is 16.5. The van der Waals surface area contributed by atoms with E-state index in [1.54, 1.807) is 31.2 Å². The van der Waals surface area contributed by atoms with Crippen LogP contribution in [0.3, 0.4) is 0 Å². The fourth-order valence-corrected chi connectivity index (χ4v) is 2.30. The molecule has 22 heavy (non-hydrogen) atoms. The van der Waals surface area contributed by atoms with E-state index >= 15 is 0 Å². The van der Waals surface area contributed by atoms with Crippen molar-refractivity contribution in [1.29, 1.82) is 0 Å². The molecule has 1 atom stereocenters. The van der Waals surface area contributed by atoms with E-state index in [-0.39, 0.29) is 6.54 Å². The van der Waals surface area contributed by atoms with Gasteiger partial charge < -0.3 is 15.4 Å². The summed E-state index contributed by atoms with van der Waals surface area (Å²) in [5, 5.41) is 5.23. The van der Waals surface area contributed by atoms with Gasteiger partial charge in [-0.15, -0.1) is 0 Å². The minimum absolute atomic E-state index is 0.309. The maximum atomic E-state index is 12.5. The summed E-state index contributed by atoms with van der Waals surface area (Å²) >= 11 is 0. The van der Waals surface area contributed by atoms with Gasteiger partial charge in [0.1, 0.15) is 12.1 Å². The molecule has 1 aliphatic heterocycles. The van der Waals surface area contributed by atoms with Crippen molar-refractivity contribution in [3.05, 3.63) is 35.9 Å². The van der Waals surface area contributed by atoms with E-state index in [0.717, 1.165) is 4.90 Å². The zero-order valence-corrected chi connectivity index (χ0v) is 12.6. The van der Waals surface area contributed by atoms with Crippen LogP contribution in [0.5, 0.6) is 0 Å². The number of carbonyl (C=O) groups excluding carboxylic acids is 3. The van der Waals surface area contributed by atoms with Crippen LogP contribution in [0.2, 0.25) is 0 Å². The Balaban J connectivity index is 2.07. The van der Waals surface area contributed by atoms with E-state index in [2.05, 4.69) is 10.6 Å². The van der Waals surface area contributed by atoms with Crippen LogP contribution in [0.25, 0.3) is 0 Å². The molecule has 1 aliphatic rings. The van der Waals surface area contributed by atoms with Gasteiger partial charge in [0, 0.05) is 13.7 Å². The normalized spacial score (nSPS) is 20.9. The average molecular weight is 305 g/mol. The molecule has 0 aliphatic carbocycles. The van der Waals surface area contributed by atoms with Gasteiger partial charge in [0.2, 0.25) is 5.91 Å². The number of imide groups is 1. The molecule has 118 valence electrons. The second-order valence-electron chi connectivity index (χ2n) is 5.16. The van der Waals surface area contributed by atoms with E-state index in [1.165, 1.54) is 7.11 Å². The van der Waals surface area contributed by atoms with Crippen LogP contribution in [-0.2, 0) is 19.9 Å². The van der Waals surface area contributed by atoms with Gasteiger partial charge in [-0.05, 0) is 12.5 Å². The number of nitrogens with one attached hydrogen (secondary N) is 2. The van der Waals surface area contributed by atoms with Gasteiger partial charge in [-0.25, -0.2) is 4.79 Å². The summed E-state index contributed by atoms with van der Waals surface area (Å²) in [5.41, 5.74) is -0.471. The zero-order valence-electron chi connectivity index (χ0n) is 12.6. The third-order valence-electron chi connectivity index (χ3n) is 3.56. The van der Waals surface area contributed by atoms with Gasteiger partial charge >= 0.3 is 6.03 Å². The number of amides is 4. The number of methoxy groups -OCH3 is 1. The molecule has 7 nitrogen and oxygen atoms in total. The first-order valence-corrected chi connectivity index (χ1v) is 6.94. The molecule has 4 amide bonds. The number of benzene rings is 1. The van der Waals surface area contributed by atoms with Gasteiger partial charge in [-0.2, -0.15) is 0 Å². The van der Waals surface area contributed by atoms with E-state index in [0.29, 0.717) is 18.7 Å². The molecule has 0 aromatic heterocycles. The monoisotopic (exact) mass is 305 g/mol. The molecule has 0 spiro atoms. The van der Waals surface area contributed by atoms with Crippen molar-refractivity contribution in [1.82, 2.24) is 15.5 Å². The zero-order chi connectivity index (χ0) is 16.2.